The van der Waals surface area contributed by atoms with Crippen LogP contribution in [0.3, 0.4) is 0 Å². The summed E-state index contributed by atoms with van der Waals surface area (Å²) in [6.45, 7) is 4.28. The second kappa shape index (κ2) is 7.27. The van der Waals surface area contributed by atoms with Crippen LogP contribution in [0, 0.1) is 18.3 Å². The van der Waals surface area contributed by atoms with Gasteiger partial charge < -0.3 is 0 Å². The number of aryl methyl sites for hydroxylation is 1. The predicted molar refractivity (Wildman–Crippen MR) is 75.2 cm³/mol. The van der Waals surface area contributed by atoms with Crippen LogP contribution >= 0.6 is 0 Å². The molecule has 104 valence electrons. The average Bonchev–Trinajstić information content (AvgIpc) is 2.39. The Morgan fingerprint density at radius 1 is 1.26 bits per heavy atom. The molecule has 0 saturated heterocycles. The second-order valence-electron chi connectivity index (χ2n) is 4.55. The van der Waals surface area contributed by atoms with E-state index in [1.165, 1.54) is 6.07 Å². The summed E-state index contributed by atoms with van der Waals surface area (Å²) in [6.07, 6.45) is 4.10. The first-order chi connectivity index (χ1) is 9.01. The highest BCUT2D eigenvalue weighted by molar-refractivity contribution is 7.89. The molecule has 0 unspecified atom stereocenters. The van der Waals surface area contributed by atoms with Crippen molar-refractivity contribution in [3.8, 4) is 6.07 Å². The Bertz CT molecular complexity index is 559. The number of sulfonamides is 1. The van der Waals surface area contributed by atoms with Gasteiger partial charge in [0.2, 0.25) is 10.0 Å². The molecule has 1 aromatic rings. The first-order valence-corrected chi connectivity index (χ1v) is 8.00. The summed E-state index contributed by atoms with van der Waals surface area (Å²) >= 11 is 0. The van der Waals surface area contributed by atoms with Crippen molar-refractivity contribution in [2.75, 3.05) is 6.54 Å². The molecule has 0 aliphatic rings. The number of unbranched alkanes of at least 4 members (excludes halogenated alkanes) is 3. The second-order valence-corrected chi connectivity index (χ2v) is 6.29. The minimum absolute atomic E-state index is 0.196. The average molecular weight is 280 g/mol. The lowest BCUT2D eigenvalue weighted by molar-refractivity contribution is 0.573. The molecule has 0 heterocycles. The van der Waals surface area contributed by atoms with E-state index in [0.29, 0.717) is 17.7 Å². The topological polar surface area (TPSA) is 70.0 Å². The maximum absolute atomic E-state index is 12.1. The van der Waals surface area contributed by atoms with E-state index in [9.17, 15) is 8.42 Å². The van der Waals surface area contributed by atoms with Crippen molar-refractivity contribution in [2.45, 2.75) is 44.4 Å². The SMILES string of the molecule is CCCCCCNS(=O)(=O)c1cc(C#N)ccc1C. The Labute approximate surface area is 115 Å². The molecular formula is C14H20N2O2S. The summed E-state index contributed by atoms with van der Waals surface area (Å²) < 4.78 is 26.9. The Kier molecular flexibility index (Phi) is 6.00. The summed E-state index contributed by atoms with van der Waals surface area (Å²) in [7, 11) is -3.51. The zero-order chi connectivity index (χ0) is 14.3. The van der Waals surface area contributed by atoms with Gasteiger partial charge in [-0.05, 0) is 31.0 Å². The third-order valence-electron chi connectivity index (χ3n) is 2.93. The van der Waals surface area contributed by atoms with Gasteiger partial charge in [0.1, 0.15) is 0 Å². The quantitative estimate of drug-likeness (QED) is 0.781. The normalized spacial score (nSPS) is 11.2. The summed E-state index contributed by atoms with van der Waals surface area (Å²) in [5.41, 5.74) is 1.01. The predicted octanol–water partition coefficient (Wildman–Crippen LogP) is 2.73. The minimum atomic E-state index is -3.51. The van der Waals surface area contributed by atoms with Crippen LogP contribution < -0.4 is 4.72 Å². The van der Waals surface area contributed by atoms with Gasteiger partial charge in [-0.15, -0.1) is 0 Å². The number of benzene rings is 1. The van der Waals surface area contributed by atoms with E-state index >= 15 is 0 Å². The van der Waals surface area contributed by atoms with Gasteiger partial charge in [0.15, 0.2) is 0 Å². The highest BCUT2D eigenvalue weighted by Gasteiger charge is 2.16. The van der Waals surface area contributed by atoms with Crippen LogP contribution in [-0.4, -0.2) is 15.0 Å². The lowest BCUT2D eigenvalue weighted by atomic mass is 10.2. The van der Waals surface area contributed by atoms with Crippen molar-refractivity contribution in [1.82, 2.24) is 4.72 Å². The van der Waals surface area contributed by atoms with Gasteiger partial charge in [-0.3, -0.25) is 0 Å². The minimum Gasteiger partial charge on any atom is -0.211 e. The van der Waals surface area contributed by atoms with Gasteiger partial charge >= 0.3 is 0 Å². The van der Waals surface area contributed by atoms with Crippen LogP contribution in [0.1, 0.15) is 43.7 Å². The van der Waals surface area contributed by atoms with E-state index in [1.54, 1.807) is 19.1 Å². The highest BCUT2D eigenvalue weighted by Crippen LogP contribution is 2.16. The van der Waals surface area contributed by atoms with Gasteiger partial charge in [0.05, 0.1) is 16.5 Å². The number of nitrogens with one attached hydrogen (secondary N) is 1. The smallest absolute Gasteiger partial charge is 0.211 e. The van der Waals surface area contributed by atoms with Crippen LogP contribution in [0.15, 0.2) is 23.1 Å². The van der Waals surface area contributed by atoms with Crippen LogP contribution in [0.25, 0.3) is 0 Å². The molecule has 0 aliphatic heterocycles. The Hall–Kier alpha value is -1.38. The maximum atomic E-state index is 12.1. The standard InChI is InChI=1S/C14H20N2O2S/c1-3-4-5-6-9-16-19(17,18)14-10-13(11-15)8-7-12(14)2/h7-8,10,16H,3-6,9H2,1-2H3. The van der Waals surface area contributed by atoms with E-state index in [0.717, 1.165) is 25.7 Å². The summed E-state index contributed by atoms with van der Waals surface area (Å²) in [5.74, 6) is 0. The molecule has 0 radical (unpaired) electrons. The van der Waals surface area contributed by atoms with Crippen LogP contribution in [0.4, 0.5) is 0 Å². The molecular weight excluding hydrogens is 260 g/mol. The summed E-state index contributed by atoms with van der Waals surface area (Å²) in [6, 6.07) is 6.66. The zero-order valence-corrected chi connectivity index (χ0v) is 12.3. The van der Waals surface area contributed by atoms with Crippen molar-refractivity contribution in [2.24, 2.45) is 0 Å². The molecule has 19 heavy (non-hydrogen) atoms. The van der Waals surface area contributed by atoms with Crippen molar-refractivity contribution in [3.05, 3.63) is 29.3 Å². The lowest BCUT2D eigenvalue weighted by Crippen LogP contribution is -2.25. The van der Waals surface area contributed by atoms with Crippen LogP contribution in [0.2, 0.25) is 0 Å². The van der Waals surface area contributed by atoms with Crippen molar-refractivity contribution in [1.29, 1.82) is 5.26 Å². The number of hydrogen-bond donors (Lipinski definition) is 1. The Morgan fingerprint density at radius 2 is 2.00 bits per heavy atom. The molecule has 0 aliphatic carbocycles. The molecule has 0 atom stereocenters. The fraction of sp³-hybridized carbons (Fsp3) is 0.500. The molecule has 1 N–H and O–H groups in total. The first kappa shape index (κ1) is 15.7. The highest BCUT2D eigenvalue weighted by atomic mass is 32.2. The summed E-state index contributed by atoms with van der Waals surface area (Å²) in [5, 5.41) is 8.83. The fourth-order valence-corrected chi connectivity index (χ4v) is 3.14. The van der Waals surface area contributed by atoms with Gasteiger partial charge in [-0.1, -0.05) is 32.3 Å². The number of nitrogens with zero attached hydrogens (tertiary/aromatic N) is 1. The molecule has 0 amide bonds. The largest absolute Gasteiger partial charge is 0.240 e. The summed E-state index contributed by atoms with van der Waals surface area (Å²) in [4.78, 5) is 0.196. The number of rotatable bonds is 7. The molecule has 4 nitrogen and oxygen atoms in total. The number of nitriles is 1. The van der Waals surface area contributed by atoms with Gasteiger partial charge in [0.25, 0.3) is 0 Å². The molecule has 0 saturated carbocycles. The molecule has 1 aromatic carbocycles. The molecule has 0 aromatic heterocycles. The van der Waals surface area contributed by atoms with E-state index in [2.05, 4.69) is 11.6 Å². The van der Waals surface area contributed by atoms with Crippen LogP contribution in [-0.2, 0) is 10.0 Å². The molecule has 0 fully saturated rings. The van der Waals surface area contributed by atoms with E-state index in [-0.39, 0.29) is 4.90 Å². The molecule has 0 spiro atoms. The Balaban J connectivity index is 2.75. The van der Waals surface area contributed by atoms with Gasteiger partial charge in [-0.25, -0.2) is 13.1 Å². The molecule has 0 bridgehead atoms. The third kappa shape index (κ3) is 4.66. The third-order valence-corrected chi connectivity index (χ3v) is 4.53. The van der Waals surface area contributed by atoms with E-state index in [1.807, 2.05) is 6.07 Å². The van der Waals surface area contributed by atoms with Crippen molar-refractivity contribution < 1.29 is 8.42 Å². The monoisotopic (exact) mass is 280 g/mol. The first-order valence-electron chi connectivity index (χ1n) is 6.51. The van der Waals surface area contributed by atoms with Gasteiger partial charge in [-0.2, -0.15) is 5.26 Å². The molecule has 5 heteroatoms. The lowest BCUT2D eigenvalue weighted by Gasteiger charge is -2.09. The maximum Gasteiger partial charge on any atom is 0.240 e. The number of hydrogen-bond acceptors (Lipinski definition) is 3. The molecule has 1 rings (SSSR count). The van der Waals surface area contributed by atoms with Gasteiger partial charge in [0, 0.05) is 6.54 Å². The van der Waals surface area contributed by atoms with Crippen molar-refractivity contribution in [3.63, 3.8) is 0 Å². The fourth-order valence-electron chi connectivity index (χ4n) is 1.80. The Morgan fingerprint density at radius 3 is 2.63 bits per heavy atom. The van der Waals surface area contributed by atoms with Crippen LogP contribution in [0.5, 0.6) is 0 Å². The van der Waals surface area contributed by atoms with Crippen molar-refractivity contribution >= 4 is 10.0 Å². The van der Waals surface area contributed by atoms with E-state index in [4.69, 9.17) is 5.26 Å². The zero-order valence-electron chi connectivity index (χ0n) is 11.4. The van der Waals surface area contributed by atoms with E-state index < -0.39 is 10.0 Å².